The summed E-state index contributed by atoms with van der Waals surface area (Å²) in [5.41, 5.74) is 0.951. The van der Waals surface area contributed by atoms with Crippen LogP contribution in [-0.2, 0) is 16.0 Å². The number of ether oxygens (including phenoxy) is 1. The van der Waals surface area contributed by atoms with Crippen molar-refractivity contribution in [3.63, 3.8) is 0 Å². The number of amides is 2. The largest absolute Gasteiger partial charge is 0.497 e. The minimum absolute atomic E-state index is 0.0929. The van der Waals surface area contributed by atoms with Crippen molar-refractivity contribution in [1.82, 2.24) is 10.2 Å². The van der Waals surface area contributed by atoms with Crippen LogP contribution in [0.3, 0.4) is 0 Å². The zero-order valence-electron chi connectivity index (χ0n) is 13.2. The third-order valence-corrected chi connectivity index (χ3v) is 3.75. The Morgan fingerprint density at radius 2 is 2.00 bits per heavy atom. The van der Waals surface area contributed by atoms with Crippen molar-refractivity contribution in [2.24, 2.45) is 0 Å². The highest BCUT2D eigenvalue weighted by Gasteiger charge is 2.38. The number of carbonyl (C=O) groups excluding carboxylic acids is 2. The van der Waals surface area contributed by atoms with Crippen LogP contribution in [0, 0.1) is 0 Å². The molecular formula is C16H19F3N2O3. The lowest BCUT2D eigenvalue weighted by Crippen LogP contribution is -2.39. The van der Waals surface area contributed by atoms with Crippen LogP contribution in [0.15, 0.2) is 24.3 Å². The van der Waals surface area contributed by atoms with Gasteiger partial charge in [-0.15, -0.1) is 0 Å². The van der Waals surface area contributed by atoms with Gasteiger partial charge in [0.1, 0.15) is 12.3 Å². The molecule has 5 nitrogen and oxygen atoms in total. The molecule has 0 radical (unpaired) electrons. The lowest BCUT2D eigenvalue weighted by Gasteiger charge is -2.18. The second kappa shape index (κ2) is 7.55. The molecule has 24 heavy (non-hydrogen) atoms. The second-order valence-electron chi connectivity index (χ2n) is 5.71. The van der Waals surface area contributed by atoms with Gasteiger partial charge in [0.15, 0.2) is 0 Å². The van der Waals surface area contributed by atoms with Gasteiger partial charge in [-0.3, -0.25) is 9.59 Å². The van der Waals surface area contributed by atoms with E-state index in [9.17, 15) is 22.8 Å². The Hall–Kier alpha value is -2.25. The lowest BCUT2D eigenvalue weighted by atomic mass is 10.1. The molecule has 1 fully saturated rings. The molecule has 1 unspecified atom stereocenters. The summed E-state index contributed by atoms with van der Waals surface area (Å²) in [6.07, 6.45) is -3.81. The summed E-state index contributed by atoms with van der Waals surface area (Å²) >= 11 is 0. The quantitative estimate of drug-likeness (QED) is 0.858. The normalized spacial score (nSPS) is 17.9. The molecule has 0 aromatic heterocycles. The van der Waals surface area contributed by atoms with Gasteiger partial charge in [-0.25, -0.2) is 0 Å². The van der Waals surface area contributed by atoms with Gasteiger partial charge in [-0.1, -0.05) is 12.1 Å². The summed E-state index contributed by atoms with van der Waals surface area (Å²) in [4.78, 5) is 24.2. The Kier molecular flexibility index (Phi) is 5.69. The highest BCUT2D eigenvalue weighted by Crippen LogP contribution is 2.21. The lowest BCUT2D eigenvalue weighted by molar-refractivity contribution is -0.157. The number of alkyl halides is 3. The Morgan fingerprint density at radius 1 is 1.33 bits per heavy atom. The van der Waals surface area contributed by atoms with Gasteiger partial charge >= 0.3 is 6.18 Å². The molecule has 0 saturated carbocycles. The fourth-order valence-corrected chi connectivity index (χ4v) is 2.59. The molecule has 8 heteroatoms. The van der Waals surface area contributed by atoms with Gasteiger partial charge < -0.3 is 15.0 Å². The van der Waals surface area contributed by atoms with Gasteiger partial charge in [0, 0.05) is 19.4 Å². The molecule has 132 valence electrons. The van der Waals surface area contributed by atoms with Gasteiger partial charge in [0.25, 0.3) is 0 Å². The first-order valence-corrected chi connectivity index (χ1v) is 7.53. The van der Waals surface area contributed by atoms with E-state index in [1.807, 2.05) is 12.1 Å². The molecule has 2 amide bonds. The smallest absolute Gasteiger partial charge is 0.406 e. The van der Waals surface area contributed by atoms with Crippen LogP contribution in [0.25, 0.3) is 0 Å². The number of nitrogens with zero attached hydrogens (tertiary/aromatic N) is 1. The molecule has 1 saturated heterocycles. The third-order valence-electron chi connectivity index (χ3n) is 3.75. The van der Waals surface area contributed by atoms with Crippen LogP contribution in [0.4, 0.5) is 13.2 Å². The Balaban J connectivity index is 1.77. The van der Waals surface area contributed by atoms with E-state index in [0.29, 0.717) is 6.42 Å². The van der Waals surface area contributed by atoms with Gasteiger partial charge in [-0.05, 0) is 24.1 Å². The number of hydrogen-bond acceptors (Lipinski definition) is 3. The topological polar surface area (TPSA) is 58.6 Å². The highest BCUT2D eigenvalue weighted by atomic mass is 19.4. The first-order valence-electron chi connectivity index (χ1n) is 7.53. The molecule has 1 heterocycles. The van der Waals surface area contributed by atoms with Crippen molar-refractivity contribution in [3.05, 3.63) is 29.8 Å². The molecule has 1 N–H and O–H groups in total. The molecule has 1 aliphatic rings. The number of benzene rings is 1. The van der Waals surface area contributed by atoms with Crippen molar-refractivity contribution >= 4 is 11.8 Å². The van der Waals surface area contributed by atoms with E-state index in [1.54, 1.807) is 19.2 Å². The standard InChI is InChI=1S/C16H19F3N2O3/c1-24-13-5-2-11(3-6-13)4-7-14(22)20-12-8-15(23)21(9-12)10-16(17,18)19/h2-3,5-6,12H,4,7-10H2,1H3,(H,20,22). The summed E-state index contributed by atoms with van der Waals surface area (Å²) in [5, 5.41) is 2.62. The van der Waals surface area contributed by atoms with Crippen LogP contribution in [0.1, 0.15) is 18.4 Å². The van der Waals surface area contributed by atoms with Gasteiger partial charge in [0.05, 0.1) is 13.2 Å². The summed E-state index contributed by atoms with van der Waals surface area (Å²) in [7, 11) is 1.56. The number of carbonyl (C=O) groups is 2. The average Bonchev–Trinajstić information content (AvgIpc) is 2.83. The highest BCUT2D eigenvalue weighted by molar-refractivity contribution is 5.82. The van der Waals surface area contributed by atoms with Crippen LogP contribution >= 0.6 is 0 Å². The van der Waals surface area contributed by atoms with Crippen LogP contribution in [0.2, 0.25) is 0 Å². The van der Waals surface area contributed by atoms with Crippen LogP contribution in [0.5, 0.6) is 5.75 Å². The number of likely N-dealkylation sites (tertiary alicyclic amines) is 1. The summed E-state index contributed by atoms with van der Waals surface area (Å²) in [6.45, 7) is -1.38. The number of halogens is 3. The molecular weight excluding hydrogens is 325 g/mol. The summed E-state index contributed by atoms with van der Waals surface area (Å²) in [6, 6.07) is 6.70. The predicted octanol–water partition coefficient (Wildman–Crippen LogP) is 1.91. The molecule has 2 rings (SSSR count). The fraction of sp³-hybridized carbons (Fsp3) is 0.500. The monoisotopic (exact) mass is 344 g/mol. The number of rotatable bonds is 6. The van der Waals surface area contributed by atoms with E-state index < -0.39 is 24.7 Å². The van der Waals surface area contributed by atoms with E-state index in [1.165, 1.54) is 0 Å². The van der Waals surface area contributed by atoms with E-state index >= 15 is 0 Å². The molecule has 0 spiro atoms. The number of nitrogens with one attached hydrogen (secondary N) is 1. The summed E-state index contributed by atoms with van der Waals surface area (Å²) < 4.78 is 42.1. The molecule has 1 aliphatic heterocycles. The van der Waals surface area contributed by atoms with Crippen LogP contribution < -0.4 is 10.1 Å². The van der Waals surface area contributed by atoms with E-state index in [-0.39, 0.29) is 25.3 Å². The molecule has 0 aliphatic carbocycles. The van der Waals surface area contributed by atoms with Gasteiger partial charge in [0.2, 0.25) is 11.8 Å². The van der Waals surface area contributed by atoms with Crippen molar-refractivity contribution in [1.29, 1.82) is 0 Å². The van der Waals surface area contributed by atoms with Crippen molar-refractivity contribution in [3.8, 4) is 5.75 Å². The predicted molar refractivity (Wildman–Crippen MR) is 80.5 cm³/mol. The SMILES string of the molecule is COc1ccc(CCC(=O)NC2CC(=O)N(CC(F)(F)F)C2)cc1. The molecule has 1 aromatic carbocycles. The minimum Gasteiger partial charge on any atom is -0.497 e. The average molecular weight is 344 g/mol. The molecule has 1 aromatic rings. The zero-order chi connectivity index (χ0) is 17.7. The van der Waals surface area contributed by atoms with E-state index in [4.69, 9.17) is 4.74 Å². The zero-order valence-corrected chi connectivity index (χ0v) is 13.2. The van der Waals surface area contributed by atoms with E-state index in [0.717, 1.165) is 16.2 Å². The van der Waals surface area contributed by atoms with E-state index in [2.05, 4.69) is 5.32 Å². The fourth-order valence-electron chi connectivity index (χ4n) is 2.59. The van der Waals surface area contributed by atoms with Crippen molar-refractivity contribution < 1.29 is 27.5 Å². The Morgan fingerprint density at radius 3 is 2.58 bits per heavy atom. The number of aryl methyl sites for hydroxylation is 1. The third kappa shape index (κ3) is 5.43. The van der Waals surface area contributed by atoms with Gasteiger partial charge in [-0.2, -0.15) is 13.2 Å². The minimum atomic E-state index is -4.43. The second-order valence-corrected chi connectivity index (χ2v) is 5.71. The maximum absolute atomic E-state index is 12.3. The van der Waals surface area contributed by atoms with Crippen molar-refractivity contribution in [2.45, 2.75) is 31.5 Å². The number of hydrogen-bond donors (Lipinski definition) is 1. The van der Waals surface area contributed by atoms with Crippen molar-refractivity contribution in [2.75, 3.05) is 20.2 Å². The first kappa shape index (κ1) is 18.1. The number of methoxy groups -OCH3 is 1. The maximum atomic E-state index is 12.3. The maximum Gasteiger partial charge on any atom is 0.406 e. The summed E-state index contributed by atoms with van der Waals surface area (Å²) in [5.74, 6) is -0.150. The Labute approximate surface area is 137 Å². The van der Waals surface area contributed by atoms with Crippen LogP contribution in [-0.4, -0.2) is 49.1 Å². The molecule has 0 bridgehead atoms. The molecule has 1 atom stereocenters. The first-order chi connectivity index (χ1) is 11.3. The Bertz CT molecular complexity index is 587.